The number of rotatable bonds is 2. The van der Waals surface area contributed by atoms with Crippen molar-refractivity contribution in [2.75, 3.05) is 17.7 Å². The Labute approximate surface area is 106 Å². The maximum absolute atomic E-state index is 6.20. The van der Waals surface area contributed by atoms with Crippen LogP contribution in [0.4, 0.5) is 11.4 Å². The second-order valence-corrected chi connectivity index (χ2v) is 5.20. The number of nitrogen functional groups attached to an aromatic ring is 1. The molecule has 2 nitrogen and oxygen atoms in total. The van der Waals surface area contributed by atoms with Gasteiger partial charge >= 0.3 is 0 Å². The smallest absolute Gasteiger partial charge is 0.0746 e. The number of hydrogen-bond acceptors (Lipinski definition) is 2. The molecule has 1 fully saturated rings. The fourth-order valence-corrected chi connectivity index (χ4v) is 3.17. The number of halogens is 2. The monoisotopic (exact) mass is 258 g/mol. The van der Waals surface area contributed by atoms with Crippen molar-refractivity contribution >= 4 is 34.6 Å². The molecule has 0 amide bonds. The normalized spacial score (nSPS) is 16.7. The molecule has 0 heterocycles. The molecule has 16 heavy (non-hydrogen) atoms. The van der Waals surface area contributed by atoms with Gasteiger partial charge in [0.05, 0.1) is 15.7 Å². The van der Waals surface area contributed by atoms with Gasteiger partial charge < -0.3 is 10.6 Å². The lowest BCUT2D eigenvalue weighted by Gasteiger charge is -2.28. The van der Waals surface area contributed by atoms with Crippen LogP contribution in [-0.4, -0.2) is 13.1 Å². The lowest BCUT2D eigenvalue weighted by atomic mass is 10.2. The highest BCUT2D eigenvalue weighted by molar-refractivity contribution is 6.39. The molecular weight excluding hydrogens is 243 g/mol. The Kier molecular flexibility index (Phi) is 3.50. The molecule has 0 bridgehead atoms. The second-order valence-electron chi connectivity index (χ2n) is 4.38. The van der Waals surface area contributed by atoms with Gasteiger partial charge in [0.2, 0.25) is 0 Å². The second kappa shape index (κ2) is 4.72. The van der Waals surface area contributed by atoms with Crippen LogP contribution in [0, 0.1) is 0 Å². The van der Waals surface area contributed by atoms with Crippen molar-refractivity contribution in [2.24, 2.45) is 0 Å². The Morgan fingerprint density at radius 3 is 2.19 bits per heavy atom. The van der Waals surface area contributed by atoms with E-state index < -0.39 is 0 Å². The summed E-state index contributed by atoms with van der Waals surface area (Å²) in [5, 5.41) is 1.28. The molecule has 1 aliphatic carbocycles. The molecule has 0 spiro atoms. The van der Waals surface area contributed by atoms with E-state index >= 15 is 0 Å². The summed E-state index contributed by atoms with van der Waals surface area (Å²) < 4.78 is 0. The molecule has 1 saturated carbocycles. The third-order valence-corrected chi connectivity index (χ3v) is 3.84. The topological polar surface area (TPSA) is 29.3 Å². The fraction of sp³-hybridized carbons (Fsp3) is 0.500. The van der Waals surface area contributed by atoms with Crippen LogP contribution in [0.15, 0.2) is 12.1 Å². The summed E-state index contributed by atoms with van der Waals surface area (Å²) in [5.74, 6) is 0. The Hall–Kier alpha value is -0.600. The van der Waals surface area contributed by atoms with Gasteiger partial charge in [-0.05, 0) is 25.0 Å². The standard InChI is InChI=1S/C12H16Cl2N2/c1-16(9-4-2-3-5-9)12-10(13)6-8(15)7-11(12)14/h6-7,9H,2-5,15H2,1H3. The molecule has 0 atom stereocenters. The van der Waals surface area contributed by atoms with E-state index in [1.165, 1.54) is 25.7 Å². The summed E-state index contributed by atoms with van der Waals surface area (Å²) in [4.78, 5) is 2.19. The quantitative estimate of drug-likeness (QED) is 0.814. The summed E-state index contributed by atoms with van der Waals surface area (Å²) in [6, 6.07) is 4.07. The van der Waals surface area contributed by atoms with Gasteiger partial charge in [-0.15, -0.1) is 0 Å². The van der Waals surface area contributed by atoms with E-state index in [9.17, 15) is 0 Å². The van der Waals surface area contributed by atoms with Crippen LogP contribution in [0.2, 0.25) is 10.0 Å². The molecule has 0 radical (unpaired) electrons. The molecule has 0 aliphatic heterocycles. The first kappa shape index (κ1) is 11.9. The van der Waals surface area contributed by atoms with E-state index in [0.717, 1.165) is 5.69 Å². The summed E-state index contributed by atoms with van der Waals surface area (Å²) in [6.07, 6.45) is 5.01. The van der Waals surface area contributed by atoms with Gasteiger partial charge in [0.15, 0.2) is 0 Å². The molecule has 0 unspecified atom stereocenters. The van der Waals surface area contributed by atoms with Gasteiger partial charge in [-0.1, -0.05) is 36.0 Å². The first-order chi connectivity index (χ1) is 7.59. The summed E-state index contributed by atoms with van der Waals surface area (Å²) in [7, 11) is 2.05. The van der Waals surface area contributed by atoms with Crippen molar-refractivity contribution in [2.45, 2.75) is 31.7 Å². The predicted molar refractivity (Wildman–Crippen MR) is 71.5 cm³/mol. The minimum Gasteiger partial charge on any atom is -0.399 e. The van der Waals surface area contributed by atoms with E-state index in [-0.39, 0.29) is 0 Å². The Morgan fingerprint density at radius 2 is 1.69 bits per heavy atom. The van der Waals surface area contributed by atoms with Gasteiger partial charge in [0.25, 0.3) is 0 Å². The molecule has 4 heteroatoms. The zero-order valence-corrected chi connectivity index (χ0v) is 10.9. The van der Waals surface area contributed by atoms with E-state index in [2.05, 4.69) is 11.9 Å². The molecule has 1 aromatic carbocycles. The van der Waals surface area contributed by atoms with E-state index in [0.29, 0.717) is 21.8 Å². The van der Waals surface area contributed by atoms with Crippen LogP contribution in [0.3, 0.4) is 0 Å². The average molecular weight is 259 g/mol. The van der Waals surface area contributed by atoms with Crippen LogP contribution in [0.25, 0.3) is 0 Å². The fourth-order valence-electron chi connectivity index (χ4n) is 2.40. The molecule has 2 N–H and O–H groups in total. The highest BCUT2D eigenvalue weighted by Crippen LogP contribution is 2.38. The van der Waals surface area contributed by atoms with Gasteiger partial charge in [0.1, 0.15) is 0 Å². The Morgan fingerprint density at radius 1 is 1.19 bits per heavy atom. The van der Waals surface area contributed by atoms with Crippen LogP contribution < -0.4 is 10.6 Å². The van der Waals surface area contributed by atoms with Crippen molar-refractivity contribution in [3.63, 3.8) is 0 Å². The number of benzene rings is 1. The summed E-state index contributed by atoms with van der Waals surface area (Å²) in [5.41, 5.74) is 7.21. The minimum atomic E-state index is 0.554. The van der Waals surface area contributed by atoms with Crippen LogP contribution in [0.5, 0.6) is 0 Å². The molecular formula is C12H16Cl2N2. The lowest BCUT2D eigenvalue weighted by molar-refractivity contribution is 0.653. The molecule has 1 aromatic rings. The van der Waals surface area contributed by atoms with Gasteiger partial charge in [-0.25, -0.2) is 0 Å². The maximum Gasteiger partial charge on any atom is 0.0746 e. The first-order valence-corrected chi connectivity index (χ1v) is 6.32. The lowest BCUT2D eigenvalue weighted by Crippen LogP contribution is -2.29. The van der Waals surface area contributed by atoms with E-state index in [1.54, 1.807) is 12.1 Å². The SMILES string of the molecule is CN(c1c(Cl)cc(N)cc1Cl)C1CCCC1. The van der Waals surface area contributed by atoms with Crippen LogP contribution in [-0.2, 0) is 0 Å². The molecule has 0 saturated heterocycles. The molecule has 2 rings (SSSR count). The average Bonchev–Trinajstić information content (AvgIpc) is 2.67. The number of hydrogen-bond donors (Lipinski definition) is 1. The van der Waals surface area contributed by atoms with Crippen LogP contribution >= 0.6 is 23.2 Å². The van der Waals surface area contributed by atoms with Crippen molar-refractivity contribution in [3.8, 4) is 0 Å². The zero-order valence-electron chi connectivity index (χ0n) is 9.34. The van der Waals surface area contributed by atoms with Crippen molar-refractivity contribution < 1.29 is 0 Å². The highest BCUT2D eigenvalue weighted by Gasteiger charge is 2.23. The number of nitrogens with zero attached hydrogens (tertiary/aromatic N) is 1. The molecule has 88 valence electrons. The largest absolute Gasteiger partial charge is 0.399 e. The van der Waals surface area contributed by atoms with E-state index in [1.807, 2.05) is 0 Å². The predicted octanol–water partition coefficient (Wildman–Crippen LogP) is 3.95. The first-order valence-electron chi connectivity index (χ1n) is 5.57. The Balaban J connectivity index is 2.31. The van der Waals surface area contributed by atoms with E-state index in [4.69, 9.17) is 28.9 Å². The van der Waals surface area contributed by atoms with Crippen LogP contribution in [0.1, 0.15) is 25.7 Å². The van der Waals surface area contributed by atoms with Gasteiger partial charge in [-0.3, -0.25) is 0 Å². The summed E-state index contributed by atoms with van der Waals surface area (Å²) >= 11 is 12.4. The summed E-state index contributed by atoms with van der Waals surface area (Å²) in [6.45, 7) is 0. The van der Waals surface area contributed by atoms with Crippen molar-refractivity contribution in [1.82, 2.24) is 0 Å². The maximum atomic E-state index is 6.20. The third-order valence-electron chi connectivity index (χ3n) is 3.26. The third kappa shape index (κ3) is 2.23. The highest BCUT2D eigenvalue weighted by atomic mass is 35.5. The van der Waals surface area contributed by atoms with Crippen molar-refractivity contribution in [1.29, 1.82) is 0 Å². The minimum absolute atomic E-state index is 0.554. The number of anilines is 2. The zero-order chi connectivity index (χ0) is 11.7. The van der Waals surface area contributed by atoms with Gasteiger partial charge in [0, 0.05) is 18.8 Å². The molecule has 0 aromatic heterocycles. The Bertz CT molecular complexity index is 364. The van der Waals surface area contributed by atoms with Crippen molar-refractivity contribution in [3.05, 3.63) is 22.2 Å². The molecule has 1 aliphatic rings. The van der Waals surface area contributed by atoms with Gasteiger partial charge in [-0.2, -0.15) is 0 Å². The number of nitrogens with two attached hydrogens (primary N) is 1.